The van der Waals surface area contributed by atoms with Crippen LogP contribution in [0.25, 0.3) is 0 Å². The fourth-order valence-corrected chi connectivity index (χ4v) is 1.98. The number of nitrogens with one attached hydrogen (secondary N) is 1. The predicted octanol–water partition coefficient (Wildman–Crippen LogP) is 4.81. The van der Waals surface area contributed by atoms with E-state index < -0.39 is 0 Å². The van der Waals surface area contributed by atoms with Gasteiger partial charge in [0.1, 0.15) is 0 Å². The Bertz CT molecular complexity index is 415. The van der Waals surface area contributed by atoms with Gasteiger partial charge < -0.3 is 0 Å². The van der Waals surface area contributed by atoms with E-state index in [1.54, 1.807) is 30.5 Å². The molecule has 1 aromatic carbocycles. The Morgan fingerprint density at radius 2 is 1.80 bits per heavy atom. The third kappa shape index (κ3) is 7.29. The summed E-state index contributed by atoms with van der Waals surface area (Å²) in [6.45, 7) is 2.22. The van der Waals surface area contributed by atoms with Gasteiger partial charge >= 0.3 is 0 Å². The molecule has 0 saturated heterocycles. The zero-order chi connectivity index (χ0) is 14.6. The summed E-state index contributed by atoms with van der Waals surface area (Å²) in [5.41, 5.74) is 3.08. The van der Waals surface area contributed by atoms with Gasteiger partial charge in [0, 0.05) is 16.8 Å². The van der Waals surface area contributed by atoms with E-state index in [1.807, 2.05) is 0 Å². The molecule has 0 bridgehead atoms. The molecular formula is C16H23ClN2O. The Balaban J connectivity index is 2.11. The maximum atomic E-state index is 11.7. The number of benzene rings is 1. The first-order valence-electron chi connectivity index (χ1n) is 7.31. The lowest BCUT2D eigenvalue weighted by Gasteiger charge is -2.00. The zero-order valence-corrected chi connectivity index (χ0v) is 12.8. The molecule has 0 unspecified atom stereocenters. The van der Waals surface area contributed by atoms with E-state index >= 15 is 0 Å². The standard InChI is InChI=1S/C16H23ClN2O/c1-2-3-4-5-6-7-8-13-18-19-16(20)14-9-11-15(17)12-10-14/h9-13H,2-8H2,1H3,(H,19,20)/b18-13+. The third-order valence-electron chi connectivity index (χ3n) is 3.05. The quantitative estimate of drug-likeness (QED) is 0.396. The van der Waals surface area contributed by atoms with Crippen molar-refractivity contribution in [1.29, 1.82) is 0 Å². The minimum absolute atomic E-state index is 0.208. The molecule has 0 aliphatic carbocycles. The number of hydrogen-bond acceptors (Lipinski definition) is 2. The van der Waals surface area contributed by atoms with Crippen molar-refractivity contribution in [2.75, 3.05) is 0 Å². The van der Waals surface area contributed by atoms with Gasteiger partial charge in [0.05, 0.1) is 0 Å². The average molecular weight is 295 g/mol. The minimum atomic E-state index is -0.208. The molecule has 0 spiro atoms. The number of halogens is 1. The molecule has 0 atom stereocenters. The number of nitrogens with zero attached hydrogens (tertiary/aromatic N) is 1. The Morgan fingerprint density at radius 3 is 2.50 bits per heavy atom. The number of unbranched alkanes of at least 4 members (excludes halogenated alkanes) is 6. The lowest BCUT2D eigenvalue weighted by molar-refractivity contribution is 0.0955. The second-order valence-electron chi connectivity index (χ2n) is 4.82. The van der Waals surface area contributed by atoms with Gasteiger partial charge in [-0.05, 0) is 37.1 Å². The summed E-state index contributed by atoms with van der Waals surface area (Å²) in [4.78, 5) is 11.7. The highest BCUT2D eigenvalue weighted by Gasteiger charge is 2.02. The van der Waals surface area contributed by atoms with Crippen molar-refractivity contribution < 1.29 is 4.79 Å². The summed E-state index contributed by atoms with van der Waals surface area (Å²) in [5.74, 6) is -0.208. The van der Waals surface area contributed by atoms with E-state index in [0.29, 0.717) is 10.6 Å². The topological polar surface area (TPSA) is 41.5 Å². The van der Waals surface area contributed by atoms with Gasteiger partial charge in [0.25, 0.3) is 5.91 Å². The van der Waals surface area contributed by atoms with Gasteiger partial charge in [-0.25, -0.2) is 5.43 Å². The maximum Gasteiger partial charge on any atom is 0.271 e. The first-order valence-corrected chi connectivity index (χ1v) is 7.69. The fraction of sp³-hybridized carbons (Fsp3) is 0.500. The van der Waals surface area contributed by atoms with E-state index in [4.69, 9.17) is 11.6 Å². The van der Waals surface area contributed by atoms with E-state index in [0.717, 1.165) is 12.8 Å². The number of hydrogen-bond donors (Lipinski definition) is 1. The van der Waals surface area contributed by atoms with E-state index in [9.17, 15) is 4.79 Å². The van der Waals surface area contributed by atoms with Crippen LogP contribution < -0.4 is 5.43 Å². The molecule has 1 amide bonds. The highest BCUT2D eigenvalue weighted by Crippen LogP contribution is 2.09. The minimum Gasteiger partial charge on any atom is -0.267 e. The summed E-state index contributed by atoms with van der Waals surface area (Å²) >= 11 is 5.76. The molecule has 0 aliphatic rings. The van der Waals surface area contributed by atoms with Crippen LogP contribution in [0.3, 0.4) is 0 Å². The first kappa shape index (κ1) is 16.7. The van der Waals surface area contributed by atoms with Gasteiger partial charge in [-0.15, -0.1) is 0 Å². The normalized spacial score (nSPS) is 10.9. The molecule has 0 saturated carbocycles. The number of rotatable bonds is 9. The molecule has 0 fully saturated rings. The monoisotopic (exact) mass is 294 g/mol. The molecule has 0 aromatic heterocycles. The summed E-state index contributed by atoms with van der Waals surface area (Å²) < 4.78 is 0. The number of carbonyl (C=O) groups excluding carboxylic acids is 1. The van der Waals surface area contributed by atoms with Gasteiger partial charge in [0.15, 0.2) is 0 Å². The van der Waals surface area contributed by atoms with Crippen LogP contribution in [0.2, 0.25) is 5.02 Å². The molecule has 110 valence electrons. The summed E-state index contributed by atoms with van der Waals surface area (Å²) in [5, 5.41) is 4.57. The van der Waals surface area contributed by atoms with Crippen molar-refractivity contribution >= 4 is 23.7 Å². The van der Waals surface area contributed by atoms with Crippen LogP contribution in [0, 0.1) is 0 Å². The van der Waals surface area contributed by atoms with Crippen LogP contribution in [0.4, 0.5) is 0 Å². The number of amides is 1. The lowest BCUT2D eigenvalue weighted by Crippen LogP contribution is -2.17. The third-order valence-corrected chi connectivity index (χ3v) is 3.30. The van der Waals surface area contributed by atoms with Gasteiger partial charge in [0.2, 0.25) is 0 Å². The molecule has 20 heavy (non-hydrogen) atoms. The van der Waals surface area contributed by atoms with Crippen LogP contribution in [-0.2, 0) is 0 Å². The smallest absolute Gasteiger partial charge is 0.267 e. The maximum absolute atomic E-state index is 11.7. The van der Waals surface area contributed by atoms with Crippen molar-refractivity contribution in [3.8, 4) is 0 Å². The van der Waals surface area contributed by atoms with Gasteiger partial charge in [-0.3, -0.25) is 4.79 Å². The second-order valence-corrected chi connectivity index (χ2v) is 5.25. The molecule has 0 heterocycles. The van der Waals surface area contributed by atoms with Crippen LogP contribution >= 0.6 is 11.6 Å². The molecule has 4 heteroatoms. The molecule has 3 nitrogen and oxygen atoms in total. The molecule has 0 aliphatic heterocycles. The Hall–Kier alpha value is -1.35. The van der Waals surface area contributed by atoms with Crippen molar-refractivity contribution in [2.24, 2.45) is 5.10 Å². The SMILES string of the molecule is CCCCCCCC/C=N/NC(=O)c1ccc(Cl)cc1. The van der Waals surface area contributed by atoms with Crippen molar-refractivity contribution in [1.82, 2.24) is 5.43 Å². The van der Waals surface area contributed by atoms with Crippen molar-refractivity contribution in [3.05, 3.63) is 34.9 Å². The van der Waals surface area contributed by atoms with Crippen molar-refractivity contribution in [2.45, 2.75) is 51.9 Å². The highest BCUT2D eigenvalue weighted by atomic mass is 35.5. The molecule has 1 rings (SSSR count). The van der Waals surface area contributed by atoms with Gasteiger partial charge in [-0.1, -0.05) is 50.6 Å². The second kappa shape index (κ2) is 10.4. The number of carbonyl (C=O) groups is 1. The number of hydrazone groups is 1. The summed E-state index contributed by atoms with van der Waals surface area (Å²) in [6.07, 6.45) is 10.3. The highest BCUT2D eigenvalue weighted by molar-refractivity contribution is 6.30. The lowest BCUT2D eigenvalue weighted by atomic mass is 10.1. The van der Waals surface area contributed by atoms with Crippen LogP contribution in [0.1, 0.15) is 62.2 Å². The molecule has 1 aromatic rings. The zero-order valence-electron chi connectivity index (χ0n) is 12.1. The Kier molecular flexibility index (Phi) is 8.72. The first-order chi connectivity index (χ1) is 9.74. The Morgan fingerprint density at radius 1 is 1.15 bits per heavy atom. The van der Waals surface area contributed by atoms with Gasteiger partial charge in [-0.2, -0.15) is 5.10 Å². The largest absolute Gasteiger partial charge is 0.271 e. The fourth-order valence-electron chi connectivity index (χ4n) is 1.85. The molecular weight excluding hydrogens is 272 g/mol. The summed E-state index contributed by atoms with van der Waals surface area (Å²) in [6, 6.07) is 6.74. The van der Waals surface area contributed by atoms with E-state index in [2.05, 4.69) is 17.5 Å². The average Bonchev–Trinajstić information content (AvgIpc) is 2.46. The van der Waals surface area contributed by atoms with E-state index in [-0.39, 0.29) is 5.91 Å². The molecule has 1 N–H and O–H groups in total. The van der Waals surface area contributed by atoms with Crippen LogP contribution in [-0.4, -0.2) is 12.1 Å². The predicted molar refractivity (Wildman–Crippen MR) is 85.4 cm³/mol. The van der Waals surface area contributed by atoms with Crippen molar-refractivity contribution in [3.63, 3.8) is 0 Å². The molecule has 0 radical (unpaired) electrons. The van der Waals surface area contributed by atoms with Crippen LogP contribution in [0.5, 0.6) is 0 Å². The Labute approximate surface area is 126 Å². The van der Waals surface area contributed by atoms with E-state index in [1.165, 1.54) is 32.1 Å². The summed E-state index contributed by atoms with van der Waals surface area (Å²) in [7, 11) is 0. The van der Waals surface area contributed by atoms with Crippen LogP contribution in [0.15, 0.2) is 29.4 Å².